The van der Waals surface area contributed by atoms with E-state index in [1.165, 1.54) is 13.1 Å². The van der Waals surface area contributed by atoms with E-state index in [-0.39, 0.29) is 11.5 Å². The molecular formula is C15H16N4O3. The third-order valence-corrected chi connectivity index (χ3v) is 2.46. The van der Waals surface area contributed by atoms with Crippen LogP contribution in [0.3, 0.4) is 0 Å². The Bertz CT molecular complexity index is 625. The number of ether oxygens (including phenoxy) is 2. The number of anilines is 2. The van der Waals surface area contributed by atoms with Gasteiger partial charge in [0.2, 0.25) is 5.91 Å². The average molecular weight is 300 g/mol. The van der Waals surface area contributed by atoms with E-state index in [0.29, 0.717) is 30.3 Å². The Hall–Kier alpha value is -3.03. The van der Waals surface area contributed by atoms with Crippen molar-refractivity contribution < 1.29 is 14.3 Å². The van der Waals surface area contributed by atoms with Gasteiger partial charge in [-0.3, -0.25) is 4.79 Å². The number of benzene rings is 1. The molecule has 0 saturated heterocycles. The van der Waals surface area contributed by atoms with Gasteiger partial charge in [-0.05, 0) is 18.2 Å². The SMILES string of the molecule is COCCOc1ccc(NC(C)=O)cc1NC=C(C#N)C#N. The van der Waals surface area contributed by atoms with E-state index in [1.807, 2.05) is 0 Å². The van der Waals surface area contributed by atoms with Crippen LogP contribution in [0.4, 0.5) is 11.4 Å². The fourth-order valence-corrected chi connectivity index (χ4v) is 1.52. The summed E-state index contributed by atoms with van der Waals surface area (Å²) in [5, 5.41) is 22.9. The Labute approximate surface area is 128 Å². The van der Waals surface area contributed by atoms with Gasteiger partial charge < -0.3 is 20.1 Å². The maximum Gasteiger partial charge on any atom is 0.221 e. The van der Waals surface area contributed by atoms with Crippen molar-refractivity contribution in [1.29, 1.82) is 10.5 Å². The Morgan fingerprint density at radius 1 is 1.32 bits per heavy atom. The molecule has 0 aliphatic carbocycles. The maximum absolute atomic E-state index is 11.1. The van der Waals surface area contributed by atoms with Gasteiger partial charge in [-0.2, -0.15) is 10.5 Å². The Kier molecular flexibility index (Phi) is 6.97. The van der Waals surface area contributed by atoms with Crippen LogP contribution in [-0.4, -0.2) is 26.2 Å². The van der Waals surface area contributed by atoms with Gasteiger partial charge in [-0.15, -0.1) is 0 Å². The molecule has 2 N–H and O–H groups in total. The molecule has 0 aliphatic heterocycles. The predicted octanol–water partition coefficient (Wildman–Crippen LogP) is 2.01. The van der Waals surface area contributed by atoms with Crippen molar-refractivity contribution in [3.8, 4) is 17.9 Å². The van der Waals surface area contributed by atoms with Gasteiger partial charge >= 0.3 is 0 Å². The quantitative estimate of drug-likeness (QED) is 0.589. The number of carbonyl (C=O) groups excluding carboxylic acids is 1. The van der Waals surface area contributed by atoms with E-state index in [4.69, 9.17) is 20.0 Å². The van der Waals surface area contributed by atoms with Crippen LogP contribution >= 0.6 is 0 Å². The van der Waals surface area contributed by atoms with Crippen molar-refractivity contribution in [3.63, 3.8) is 0 Å². The molecule has 7 nitrogen and oxygen atoms in total. The van der Waals surface area contributed by atoms with Gasteiger partial charge in [-0.25, -0.2) is 0 Å². The molecule has 0 spiro atoms. The van der Waals surface area contributed by atoms with Crippen LogP contribution in [0.1, 0.15) is 6.92 Å². The molecule has 1 aromatic carbocycles. The van der Waals surface area contributed by atoms with Crippen molar-refractivity contribution >= 4 is 17.3 Å². The summed E-state index contributed by atoms with van der Waals surface area (Å²) in [5.41, 5.74) is 1.01. The number of hydrogen-bond donors (Lipinski definition) is 2. The predicted molar refractivity (Wildman–Crippen MR) is 81.0 cm³/mol. The first-order chi connectivity index (χ1) is 10.6. The zero-order valence-corrected chi connectivity index (χ0v) is 12.3. The van der Waals surface area contributed by atoms with Crippen LogP contribution in [0.15, 0.2) is 30.0 Å². The summed E-state index contributed by atoms with van der Waals surface area (Å²) in [6.45, 7) is 2.17. The minimum Gasteiger partial charge on any atom is -0.489 e. The van der Waals surface area contributed by atoms with Crippen molar-refractivity contribution in [1.82, 2.24) is 0 Å². The molecule has 0 fully saturated rings. The van der Waals surface area contributed by atoms with Gasteiger partial charge in [0.25, 0.3) is 0 Å². The smallest absolute Gasteiger partial charge is 0.221 e. The average Bonchev–Trinajstić information content (AvgIpc) is 2.49. The summed E-state index contributed by atoms with van der Waals surface area (Å²) in [7, 11) is 1.57. The van der Waals surface area contributed by atoms with E-state index >= 15 is 0 Å². The van der Waals surface area contributed by atoms with Crippen LogP contribution in [0.25, 0.3) is 0 Å². The molecule has 0 bridgehead atoms. The number of carbonyl (C=O) groups is 1. The van der Waals surface area contributed by atoms with Crippen LogP contribution in [0, 0.1) is 22.7 Å². The lowest BCUT2D eigenvalue weighted by atomic mass is 10.2. The highest BCUT2D eigenvalue weighted by Crippen LogP contribution is 2.28. The number of nitrogens with zero attached hydrogens (tertiary/aromatic N) is 2. The van der Waals surface area contributed by atoms with Gasteiger partial charge in [0.1, 0.15) is 30.1 Å². The van der Waals surface area contributed by atoms with Crippen molar-refractivity contribution in [3.05, 3.63) is 30.0 Å². The normalized spacial score (nSPS) is 9.09. The second-order valence-corrected chi connectivity index (χ2v) is 4.16. The fraction of sp³-hybridized carbons (Fsp3) is 0.267. The first-order valence-electron chi connectivity index (χ1n) is 6.41. The maximum atomic E-state index is 11.1. The number of hydrogen-bond acceptors (Lipinski definition) is 6. The van der Waals surface area contributed by atoms with E-state index in [9.17, 15) is 4.79 Å². The largest absolute Gasteiger partial charge is 0.489 e. The molecule has 0 aliphatic rings. The highest BCUT2D eigenvalue weighted by Gasteiger charge is 2.06. The van der Waals surface area contributed by atoms with Gasteiger partial charge in [0, 0.05) is 25.9 Å². The Balaban J connectivity index is 3.00. The van der Waals surface area contributed by atoms with E-state index in [1.54, 1.807) is 37.4 Å². The first-order valence-corrected chi connectivity index (χ1v) is 6.41. The molecule has 1 amide bonds. The molecule has 0 heterocycles. The van der Waals surface area contributed by atoms with Crippen LogP contribution in [-0.2, 0) is 9.53 Å². The van der Waals surface area contributed by atoms with Crippen LogP contribution in [0.2, 0.25) is 0 Å². The Morgan fingerprint density at radius 2 is 2.05 bits per heavy atom. The zero-order valence-electron chi connectivity index (χ0n) is 12.3. The first kappa shape index (κ1) is 17.0. The minimum atomic E-state index is -0.204. The van der Waals surface area contributed by atoms with Crippen molar-refractivity contribution in [2.75, 3.05) is 31.0 Å². The lowest BCUT2D eigenvalue weighted by Gasteiger charge is -2.13. The number of amides is 1. The van der Waals surface area contributed by atoms with E-state index in [0.717, 1.165) is 0 Å². The standard InChI is InChI=1S/C15H16N4O3/c1-11(20)19-13-3-4-15(22-6-5-21-2)14(7-13)18-10-12(8-16)9-17/h3-4,7,10,18H,5-6H2,1-2H3,(H,19,20). The molecule has 0 aromatic heterocycles. The number of allylic oxidation sites excluding steroid dienone is 1. The third-order valence-electron chi connectivity index (χ3n) is 2.46. The highest BCUT2D eigenvalue weighted by atomic mass is 16.5. The number of nitrogens with one attached hydrogen (secondary N) is 2. The molecule has 0 unspecified atom stereocenters. The highest BCUT2D eigenvalue weighted by molar-refractivity contribution is 5.89. The number of methoxy groups -OCH3 is 1. The summed E-state index contributed by atoms with van der Waals surface area (Å²) in [5.74, 6) is 0.307. The lowest BCUT2D eigenvalue weighted by Crippen LogP contribution is -2.08. The van der Waals surface area contributed by atoms with E-state index < -0.39 is 0 Å². The number of nitriles is 2. The second kappa shape index (κ2) is 9.01. The van der Waals surface area contributed by atoms with Crippen LogP contribution in [0.5, 0.6) is 5.75 Å². The Morgan fingerprint density at radius 3 is 2.64 bits per heavy atom. The zero-order chi connectivity index (χ0) is 16.4. The molecule has 22 heavy (non-hydrogen) atoms. The lowest BCUT2D eigenvalue weighted by molar-refractivity contribution is -0.114. The molecule has 7 heteroatoms. The summed E-state index contributed by atoms with van der Waals surface area (Å²) >= 11 is 0. The molecular weight excluding hydrogens is 284 g/mol. The summed E-state index contributed by atoms with van der Waals surface area (Å²) in [6.07, 6.45) is 1.27. The molecule has 1 rings (SSSR count). The van der Waals surface area contributed by atoms with Crippen LogP contribution < -0.4 is 15.4 Å². The molecule has 114 valence electrons. The van der Waals surface area contributed by atoms with Gasteiger partial charge in [0.15, 0.2) is 0 Å². The summed E-state index contributed by atoms with van der Waals surface area (Å²) < 4.78 is 10.5. The van der Waals surface area contributed by atoms with Crippen molar-refractivity contribution in [2.24, 2.45) is 0 Å². The molecule has 0 saturated carbocycles. The molecule has 0 radical (unpaired) electrons. The topological polar surface area (TPSA) is 107 Å². The number of rotatable bonds is 7. The van der Waals surface area contributed by atoms with Gasteiger partial charge in [0.05, 0.1) is 12.3 Å². The van der Waals surface area contributed by atoms with E-state index in [2.05, 4.69) is 10.6 Å². The molecule has 0 atom stereocenters. The summed E-state index contributed by atoms with van der Waals surface area (Å²) in [6, 6.07) is 8.50. The second-order valence-electron chi connectivity index (χ2n) is 4.16. The monoisotopic (exact) mass is 300 g/mol. The molecule has 1 aromatic rings. The summed E-state index contributed by atoms with van der Waals surface area (Å²) in [4.78, 5) is 11.1. The van der Waals surface area contributed by atoms with Gasteiger partial charge in [-0.1, -0.05) is 0 Å². The minimum absolute atomic E-state index is 0.0761. The third kappa shape index (κ3) is 5.53. The fourth-order valence-electron chi connectivity index (χ4n) is 1.52. The van der Waals surface area contributed by atoms with Crippen molar-refractivity contribution in [2.45, 2.75) is 6.92 Å².